The SMILES string of the molecule is CC(C)(C)C(=O)Nc1cncc(-c2ccc3[nH]nc(-c4cc5c(-c6ccc(F)cc6)ccnc5[nH]4)c3n2)c1. The minimum atomic E-state index is -0.524. The number of pyridine rings is 3. The highest BCUT2D eigenvalue weighted by Gasteiger charge is 2.21. The molecule has 38 heavy (non-hydrogen) atoms. The molecule has 6 aromatic rings. The van der Waals surface area contributed by atoms with Crippen LogP contribution in [0.2, 0.25) is 0 Å². The maximum atomic E-state index is 13.5. The highest BCUT2D eigenvalue weighted by atomic mass is 19.1. The monoisotopic (exact) mass is 505 g/mol. The summed E-state index contributed by atoms with van der Waals surface area (Å²) < 4.78 is 13.5. The fourth-order valence-corrected chi connectivity index (χ4v) is 4.25. The van der Waals surface area contributed by atoms with Crippen molar-refractivity contribution in [3.8, 4) is 33.8 Å². The second-order valence-electron chi connectivity index (χ2n) is 10.1. The smallest absolute Gasteiger partial charge is 0.229 e. The van der Waals surface area contributed by atoms with E-state index in [1.807, 2.05) is 51.1 Å². The zero-order valence-corrected chi connectivity index (χ0v) is 21.0. The Kier molecular flexibility index (Phi) is 5.48. The van der Waals surface area contributed by atoms with E-state index in [0.29, 0.717) is 28.2 Å². The van der Waals surface area contributed by atoms with Crippen LogP contribution in [0.5, 0.6) is 0 Å². The van der Waals surface area contributed by atoms with E-state index in [1.165, 1.54) is 12.1 Å². The van der Waals surface area contributed by atoms with Gasteiger partial charge in [-0.05, 0) is 53.6 Å². The molecule has 0 bridgehead atoms. The van der Waals surface area contributed by atoms with Gasteiger partial charge >= 0.3 is 0 Å². The van der Waals surface area contributed by atoms with Crippen molar-refractivity contribution in [3.05, 3.63) is 79.0 Å². The Bertz CT molecular complexity index is 1810. The number of fused-ring (bicyclic) bond motifs is 2. The Morgan fingerprint density at radius 3 is 2.58 bits per heavy atom. The summed E-state index contributed by atoms with van der Waals surface area (Å²) in [6, 6.07) is 15.9. The van der Waals surface area contributed by atoms with Crippen LogP contribution in [0.25, 0.3) is 55.8 Å². The van der Waals surface area contributed by atoms with Gasteiger partial charge in [0.25, 0.3) is 0 Å². The van der Waals surface area contributed by atoms with E-state index < -0.39 is 5.41 Å². The first-order valence-corrected chi connectivity index (χ1v) is 12.1. The predicted octanol–water partition coefficient (Wildman–Crippen LogP) is 6.35. The number of nitrogens with one attached hydrogen (secondary N) is 3. The molecule has 0 unspecified atom stereocenters. The highest BCUT2D eigenvalue weighted by Crippen LogP contribution is 2.33. The summed E-state index contributed by atoms with van der Waals surface area (Å²) in [6.45, 7) is 5.58. The first kappa shape index (κ1) is 23.5. The zero-order valence-electron chi connectivity index (χ0n) is 21.0. The van der Waals surface area contributed by atoms with Gasteiger partial charge in [-0.1, -0.05) is 32.9 Å². The van der Waals surface area contributed by atoms with Crippen LogP contribution >= 0.6 is 0 Å². The normalized spacial score (nSPS) is 11.8. The minimum absolute atomic E-state index is 0.0931. The number of hydrogen-bond donors (Lipinski definition) is 3. The number of halogens is 1. The van der Waals surface area contributed by atoms with Gasteiger partial charge in [0.1, 0.15) is 22.7 Å². The maximum Gasteiger partial charge on any atom is 0.229 e. The van der Waals surface area contributed by atoms with E-state index in [4.69, 9.17) is 4.98 Å². The van der Waals surface area contributed by atoms with Gasteiger partial charge in [-0.2, -0.15) is 5.10 Å². The maximum absolute atomic E-state index is 13.5. The second-order valence-corrected chi connectivity index (χ2v) is 10.1. The molecule has 0 saturated heterocycles. The number of carbonyl (C=O) groups is 1. The van der Waals surface area contributed by atoms with Crippen LogP contribution in [0, 0.1) is 11.2 Å². The average molecular weight is 506 g/mol. The fourth-order valence-electron chi connectivity index (χ4n) is 4.25. The van der Waals surface area contributed by atoms with Gasteiger partial charge in [-0.25, -0.2) is 14.4 Å². The molecule has 0 aliphatic rings. The first-order chi connectivity index (χ1) is 18.3. The lowest BCUT2D eigenvalue weighted by molar-refractivity contribution is -0.123. The average Bonchev–Trinajstić information content (AvgIpc) is 3.52. The summed E-state index contributed by atoms with van der Waals surface area (Å²) >= 11 is 0. The number of amides is 1. The predicted molar refractivity (Wildman–Crippen MR) is 146 cm³/mol. The Hall–Kier alpha value is -4.92. The van der Waals surface area contributed by atoms with Crippen molar-refractivity contribution in [2.24, 2.45) is 5.41 Å². The molecule has 188 valence electrons. The molecule has 8 nitrogen and oxygen atoms in total. The van der Waals surface area contributed by atoms with Crippen molar-refractivity contribution in [2.45, 2.75) is 20.8 Å². The van der Waals surface area contributed by atoms with Gasteiger partial charge in [0.05, 0.1) is 28.8 Å². The Labute approximate surface area is 217 Å². The van der Waals surface area contributed by atoms with Gasteiger partial charge in [0.15, 0.2) is 0 Å². The Morgan fingerprint density at radius 2 is 1.79 bits per heavy atom. The summed E-state index contributed by atoms with van der Waals surface area (Å²) in [5.74, 6) is -0.375. The van der Waals surface area contributed by atoms with Crippen molar-refractivity contribution >= 4 is 33.7 Å². The molecular weight excluding hydrogens is 481 g/mol. The number of anilines is 1. The Morgan fingerprint density at radius 1 is 0.974 bits per heavy atom. The largest absolute Gasteiger partial charge is 0.338 e. The number of benzene rings is 1. The molecule has 1 amide bonds. The lowest BCUT2D eigenvalue weighted by Gasteiger charge is -2.17. The summed E-state index contributed by atoms with van der Waals surface area (Å²) in [7, 11) is 0. The van der Waals surface area contributed by atoms with Crippen LogP contribution < -0.4 is 5.32 Å². The van der Waals surface area contributed by atoms with Crippen LogP contribution in [-0.2, 0) is 4.79 Å². The van der Waals surface area contributed by atoms with Gasteiger partial charge in [0.2, 0.25) is 5.91 Å². The summed E-state index contributed by atoms with van der Waals surface area (Å²) in [5.41, 5.74) is 6.92. The number of carbonyl (C=O) groups excluding carboxylic acids is 1. The van der Waals surface area contributed by atoms with Crippen molar-refractivity contribution in [1.82, 2.24) is 30.1 Å². The molecule has 0 atom stereocenters. The molecule has 5 heterocycles. The van der Waals surface area contributed by atoms with E-state index >= 15 is 0 Å². The van der Waals surface area contributed by atoms with Gasteiger partial charge in [-0.15, -0.1) is 0 Å². The number of aromatic amines is 2. The summed E-state index contributed by atoms with van der Waals surface area (Å²) in [4.78, 5) is 29.4. The third kappa shape index (κ3) is 4.28. The van der Waals surface area contributed by atoms with Gasteiger partial charge < -0.3 is 10.3 Å². The van der Waals surface area contributed by atoms with Crippen LogP contribution in [0.15, 0.2) is 73.2 Å². The molecule has 6 rings (SSSR count). The third-order valence-corrected chi connectivity index (χ3v) is 6.32. The quantitative estimate of drug-likeness (QED) is 0.258. The van der Waals surface area contributed by atoms with Gasteiger partial charge in [0, 0.05) is 28.8 Å². The number of aromatic nitrogens is 6. The first-order valence-electron chi connectivity index (χ1n) is 12.1. The van der Waals surface area contributed by atoms with E-state index in [9.17, 15) is 9.18 Å². The van der Waals surface area contributed by atoms with Crippen molar-refractivity contribution < 1.29 is 9.18 Å². The second kappa shape index (κ2) is 8.88. The van der Waals surface area contributed by atoms with E-state index in [1.54, 1.807) is 30.7 Å². The van der Waals surface area contributed by atoms with Crippen LogP contribution in [0.1, 0.15) is 20.8 Å². The van der Waals surface area contributed by atoms with Crippen molar-refractivity contribution in [2.75, 3.05) is 5.32 Å². The van der Waals surface area contributed by atoms with E-state index in [0.717, 1.165) is 33.3 Å². The summed E-state index contributed by atoms with van der Waals surface area (Å²) in [6.07, 6.45) is 5.05. The zero-order chi connectivity index (χ0) is 26.4. The minimum Gasteiger partial charge on any atom is -0.338 e. The molecule has 0 saturated carbocycles. The Balaban J connectivity index is 1.39. The van der Waals surface area contributed by atoms with Crippen LogP contribution in [-0.4, -0.2) is 36.0 Å². The molecule has 5 aromatic heterocycles. The number of nitrogens with zero attached hydrogens (tertiary/aromatic N) is 4. The standard InChI is InChI=1S/C29H24FN7O/c1-29(2,3)28(38)33-19-12-17(14-31-15-19)22-8-9-23-25(34-22)26(37-36-23)24-13-21-20(10-11-32-27(21)35-24)16-4-6-18(30)7-5-16/h4-15H,1-3H3,(H,32,35)(H,33,38)(H,36,37). The van der Waals surface area contributed by atoms with Crippen LogP contribution in [0.3, 0.4) is 0 Å². The molecule has 3 N–H and O–H groups in total. The molecule has 0 spiro atoms. The molecule has 0 fully saturated rings. The van der Waals surface area contributed by atoms with Crippen molar-refractivity contribution in [3.63, 3.8) is 0 Å². The summed E-state index contributed by atoms with van der Waals surface area (Å²) in [5, 5.41) is 11.4. The van der Waals surface area contributed by atoms with Gasteiger partial charge in [-0.3, -0.25) is 14.9 Å². The lowest BCUT2D eigenvalue weighted by Crippen LogP contribution is -2.27. The molecule has 0 aliphatic carbocycles. The highest BCUT2D eigenvalue weighted by molar-refractivity contribution is 5.99. The van der Waals surface area contributed by atoms with Crippen molar-refractivity contribution in [1.29, 1.82) is 0 Å². The molecular formula is C29H24FN7O. The topological polar surface area (TPSA) is 112 Å². The molecule has 9 heteroatoms. The number of H-pyrrole nitrogens is 2. The number of hydrogen-bond acceptors (Lipinski definition) is 5. The lowest BCUT2D eigenvalue weighted by atomic mass is 9.95. The van der Waals surface area contributed by atoms with Crippen LogP contribution in [0.4, 0.5) is 10.1 Å². The number of rotatable bonds is 4. The fraction of sp³-hybridized carbons (Fsp3) is 0.138. The van der Waals surface area contributed by atoms with E-state index in [2.05, 4.69) is 30.5 Å². The molecule has 1 aromatic carbocycles. The third-order valence-electron chi connectivity index (χ3n) is 6.32. The molecule has 0 aliphatic heterocycles. The van der Waals surface area contributed by atoms with E-state index in [-0.39, 0.29) is 11.7 Å². The molecule has 0 radical (unpaired) electrons.